The van der Waals surface area contributed by atoms with Gasteiger partial charge in [-0.2, -0.15) is 0 Å². The summed E-state index contributed by atoms with van der Waals surface area (Å²) >= 11 is 0. The normalized spacial score (nSPS) is 19.2. The highest BCUT2D eigenvalue weighted by atomic mass is 19.3. The highest BCUT2D eigenvalue weighted by Crippen LogP contribution is 2.44. The molecule has 1 saturated heterocycles. The lowest BCUT2D eigenvalue weighted by Crippen LogP contribution is -2.53. The number of anilines is 1. The Morgan fingerprint density at radius 1 is 1.07 bits per heavy atom. The third-order valence-electron chi connectivity index (χ3n) is 7.28. The van der Waals surface area contributed by atoms with Crippen LogP contribution in [0.1, 0.15) is 42.5 Å². The molecule has 3 aromatic rings. The molecule has 2 aromatic heterocycles. The number of nitrogens with one attached hydrogen (secondary N) is 1. The first-order valence-corrected chi connectivity index (χ1v) is 12.5. The summed E-state index contributed by atoms with van der Waals surface area (Å²) in [5.74, 6) is -12.0. The van der Waals surface area contributed by atoms with E-state index in [0.29, 0.717) is 41.8 Å². The van der Waals surface area contributed by atoms with Crippen molar-refractivity contribution in [3.63, 3.8) is 0 Å². The van der Waals surface area contributed by atoms with Crippen molar-refractivity contribution in [2.75, 3.05) is 18.1 Å². The van der Waals surface area contributed by atoms with Crippen LogP contribution in [0.2, 0.25) is 0 Å². The summed E-state index contributed by atoms with van der Waals surface area (Å²) in [6.07, 6.45) is -1.15. The molecule has 5 rings (SSSR count). The minimum absolute atomic E-state index is 0.0539. The largest absolute Gasteiger partial charge is 0.394 e. The van der Waals surface area contributed by atoms with Crippen LogP contribution in [0, 0.1) is 29.2 Å². The Hall–Kier alpha value is -3.68. The molecule has 1 saturated carbocycles. The van der Waals surface area contributed by atoms with Crippen LogP contribution >= 0.6 is 0 Å². The number of aliphatic hydroxyl groups is 1. The maximum atomic E-state index is 15.4. The van der Waals surface area contributed by atoms with E-state index in [9.17, 15) is 36.6 Å². The Kier molecular flexibility index (Phi) is 7.23. The van der Waals surface area contributed by atoms with Crippen LogP contribution in [-0.2, 0) is 0 Å². The second-order valence-corrected chi connectivity index (χ2v) is 9.95. The van der Waals surface area contributed by atoms with Crippen molar-refractivity contribution in [1.82, 2.24) is 14.9 Å². The number of hydrogen-bond donors (Lipinski definition) is 2. The zero-order chi connectivity index (χ0) is 28.9. The van der Waals surface area contributed by atoms with Gasteiger partial charge >= 0.3 is 0 Å². The molecule has 214 valence electrons. The summed E-state index contributed by atoms with van der Waals surface area (Å²) in [4.78, 5) is 31.8. The van der Waals surface area contributed by atoms with Crippen LogP contribution in [-0.4, -0.2) is 52.0 Å². The van der Waals surface area contributed by atoms with Crippen LogP contribution < -0.4 is 15.6 Å². The maximum Gasteiger partial charge on any atom is 0.290 e. The first-order chi connectivity index (χ1) is 19.0. The monoisotopic (exact) mass is 572 g/mol. The predicted molar refractivity (Wildman–Crippen MR) is 129 cm³/mol. The first-order valence-electron chi connectivity index (χ1n) is 12.5. The Balaban J connectivity index is 1.74. The summed E-state index contributed by atoms with van der Waals surface area (Å²) < 4.78 is 102. The molecule has 2 aliphatic rings. The molecule has 2 N–H and O–H groups in total. The number of rotatable bonds is 7. The molecule has 0 bridgehead atoms. The van der Waals surface area contributed by atoms with Gasteiger partial charge in [-0.25, -0.2) is 35.7 Å². The van der Waals surface area contributed by atoms with Crippen molar-refractivity contribution in [2.24, 2.45) is 5.92 Å². The number of nitrogens with zero attached hydrogens (tertiary/aromatic N) is 3. The Labute approximate surface area is 222 Å². The lowest BCUT2D eigenvalue weighted by Gasteiger charge is -2.35. The lowest BCUT2D eigenvalue weighted by molar-refractivity contribution is -0.0671. The molecule has 1 amide bonds. The number of fused-ring (bicyclic) bond motifs is 1. The van der Waals surface area contributed by atoms with E-state index in [2.05, 4.69) is 4.98 Å². The van der Waals surface area contributed by atoms with Crippen molar-refractivity contribution < 1.29 is 40.6 Å². The number of halogens is 7. The number of carbonyl (C=O) groups excluding carboxylic acids is 1. The molecule has 1 aliphatic carbocycles. The van der Waals surface area contributed by atoms with Crippen molar-refractivity contribution in [3.05, 3.63) is 63.5 Å². The molecular weight excluding hydrogens is 549 g/mol. The van der Waals surface area contributed by atoms with Gasteiger partial charge in [0.05, 0.1) is 18.0 Å². The summed E-state index contributed by atoms with van der Waals surface area (Å²) in [7, 11) is 0. The topological polar surface area (TPSA) is 87.5 Å². The van der Waals surface area contributed by atoms with Gasteiger partial charge in [-0.1, -0.05) is 0 Å². The van der Waals surface area contributed by atoms with Gasteiger partial charge in [0.1, 0.15) is 17.1 Å². The third kappa shape index (κ3) is 4.78. The van der Waals surface area contributed by atoms with Crippen LogP contribution in [0.3, 0.4) is 0 Å². The average molecular weight is 572 g/mol. The number of carbonyl (C=O) groups is 1. The molecule has 40 heavy (non-hydrogen) atoms. The predicted octanol–water partition coefficient (Wildman–Crippen LogP) is 4.36. The van der Waals surface area contributed by atoms with Gasteiger partial charge in [0, 0.05) is 30.8 Å². The summed E-state index contributed by atoms with van der Waals surface area (Å²) in [6.45, 7) is -0.0968. The molecule has 14 heteroatoms. The number of hydrogen-bond acceptors (Lipinski definition) is 5. The number of benzene rings is 1. The zero-order valence-corrected chi connectivity index (χ0v) is 20.7. The van der Waals surface area contributed by atoms with E-state index in [-0.39, 0.29) is 31.8 Å². The smallest absolute Gasteiger partial charge is 0.290 e. The number of alkyl halides is 3. The SMILES string of the molecule is O=C(NC(F)(C(F)F)C1CC1)c1cn(-c2c(F)cc(F)cc2F)c2nc(N3CCCC[C@H]3CO)c(F)cc2c1=O. The fourth-order valence-corrected chi connectivity index (χ4v) is 5.06. The molecule has 1 unspecified atom stereocenters. The number of aliphatic hydroxyl groups excluding tert-OH is 1. The van der Waals surface area contributed by atoms with Gasteiger partial charge in [-0.05, 0) is 38.2 Å². The Morgan fingerprint density at radius 3 is 2.35 bits per heavy atom. The number of amides is 1. The van der Waals surface area contributed by atoms with Gasteiger partial charge in [0.15, 0.2) is 28.9 Å². The number of aromatic nitrogens is 2. The third-order valence-corrected chi connectivity index (χ3v) is 7.28. The molecule has 3 heterocycles. The van der Waals surface area contributed by atoms with Crippen molar-refractivity contribution in [1.29, 1.82) is 0 Å². The highest BCUT2D eigenvalue weighted by Gasteiger charge is 2.54. The average Bonchev–Trinajstić information content (AvgIpc) is 3.75. The number of pyridine rings is 2. The minimum atomic E-state index is -3.65. The van der Waals surface area contributed by atoms with E-state index < -0.39 is 81.1 Å². The second kappa shape index (κ2) is 10.4. The lowest BCUT2D eigenvalue weighted by atomic mass is 10.0. The Bertz CT molecular complexity index is 1520. The van der Waals surface area contributed by atoms with Gasteiger partial charge in [-0.15, -0.1) is 0 Å². The van der Waals surface area contributed by atoms with Crippen molar-refractivity contribution in [2.45, 2.75) is 50.4 Å². The van der Waals surface area contributed by atoms with E-state index in [1.165, 1.54) is 10.2 Å². The molecule has 1 aliphatic heterocycles. The van der Waals surface area contributed by atoms with Crippen LogP contribution in [0.15, 0.2) is 29.2 Å². The molecule has 1 aromatic carbocycles. The maximum absolute atomic E-state index is 15.4. The van der Waals surface area contributed by atoms with Crippen LogP contribution in [0.25, 0.3) is 16.7 Å². The molecule has 0 spiro atoms. The van der Waals surface area contributed by atoms with E-state index >= 15 is 8.78 Å². The zero-order valence-electron chi connectivity index (χ0n) is 20.7. The van der Waals surface area contributed by atoms with Crippen LogP contribution in [0.5, 0.6) is 0 Å². The van der Waals surface area contributed by atoms with E-state index in [1.807, 2.05) is 0 Å². The van der Waals surface area contributed by atoms with Crippen molar-refractivity contribution in [3.8, 4) is 5.69 Å². The summed E-state index contributed by atoms with van der Waals surface area (Å²) in [6, 6.07) is 0.740. The van der Waals surface area contributed by atoms with Gasteiger partial charge in [0.25, 0.3) is 12.3 Å². The van der Waals surface area contributed by atoms with E-state index in [4.69, 9.17) is 0 Å². The van der Waals surface area contributed by atoms with E-state index in [1.54, 1.807) is 0 Å². The molecule has 2 fully saturated rings. The van der Waals surface area contributed by atoms with Gasteiger partial charge in [0.2, 0.25) is 11.2 Å². The summed E-state index contributed by atoms with van der Waals surface area (Å²) in [5.41, 5.74) is -3.86. The summed E-state index contributed by atoms with van der Waals surface area (Å²) in [5, 5.41) is 10.6. The fraction of sp³-hybridized carbons (Fsp3) is 0.423. The minimum Gasteiger partial charge on any atom is -0.394 e. The number of piperidine rings is 1. The molecule has 2 atom stereocenters. The van der Waals surface area contributed by atoms with Gasteiger partial charge in [-0.3, -0.25) is 14.2 Å². The van der Waals surface area contributed by atoms with Crippen LogP contribution in [0.4, 0.5) is 36.6 Å². The van der Waals surface area contributed by atoms with Crippen molar-refractivity contribution >= 4 is 22.8 Å². The fourth-order valence-electron chi connectivity index (χ4n) is 5.06. The quantitative estimate of drug-likeness (QED) is 0.325. The standard InChI is InChI=1S/C26H23F7N4O3/c27-13-7-17(28)20(18(29)8-13)37-10-16(24(40)35-26(33,25(31)32)12-4-5-12)21(39)15-9-19(30)23(34-22(15)37)36-6-2-1-3-14(36)11-38/h7-10,12,14,25,38H,1-6,11H2,(H,35,40)/t14-,26?/m0/s1. The highest BCUT2D eigenvalue weighted by molar-refractivity contribution is 5.97. The molecule has 0 radical (unpaired) electrons. The Morgan fingerprint density at radius 2 is 1.75 bits per heavy atom. The molecular formula is C26H23F7N4O3. The van der Waals surface area contributed by atoms with E-state index in [0.717, 1.165) is 6.42 Å². The first kappa shape index (κ1) is 27.9. The molecule has 7 nitrogen and oxygen atoms in total. The van der Waals surface area contributed by atoms with Gasteiger partial charge < -0.3 is 15.3 Å². The second-order valence-electron chi connectivity index (χ2n) is 9.95.